The van der Waals surface area contributed by atoms with E-state index >= 15 is 0 Å². The number of hydrogen-bond acceptors (Lipinski definition) is 3. The highest BCUT2D eigenvalue weighted by Gasteiger charge is 2.15. The van der Waals surface area contributed by atoms with E-state index in [1.54, 1.807) is 12.5 Å². The molecule has 2 rings (SSSR count). The van der Waals surface area contributed by atoms with Gasteiger partial charge in [0.1, 0.15) is 0 Å². The number of hydrogen-bond donors (Lipinski definition) is 1. The maximum Gasteiger partial charge on any atom is 0.0980 e. The quantitative estimate of drug-likeness (QED) is 0.652. The van der Waals surface area contributed by atoms with Gasteiger partial charge in [-0.25, -0.2) is 0 Å². The van der Waals surface area contributed by atoms with Crippen LogP contribution in [0.1, 0.15) is 11.7 Å². The predicted octanol–water partition coefficient (Wildman–Crippen LogP) is 0.940. The van der Waals surface area contributed by atoms with E-state index in [0.29, 0.717) is 0 Å². The van der Waals surface area contributed by atoms with E-state index in [-0.39, 0.29) is 6.10 Å². The third-order valence-corrected chi connectivity index (χ3v) is 1.84. The van der Waals surface area contributed by atoms with E-state index in [4.69, 9.17) is 9.15 Å². The maximum atomic E-state index is 5.50. The van der Waals surface area contributed by atoms with Gasteiger partial charge >= 0.3 is 0 Å². The minimum Gasteiger partial charge on any atom is -0.472 e. The molecule has 11 heavy (non-hydrogen) atoms. The molecule has 3 nitrogen and oxygen atoms in total. The monoisotopic (exact) mass is 153 g/mol. The topological polar surface area (TPSA) is 34.4 Å². The number of furan rings is 1. The zero-order chi connectivity index (χ0) is 7.52. The lowest BCUT2D eigenvalue weighted by molar-refractivity contribution is 0.0273. The van der Waals surface area contributed by atoms with Crippen molar-refractivity contribution in [1.29, 1.82) is 0 Å². The Morgan fingerprint density at radius 3 is 3.18 bits per heavy atom. The van der Waals surface area contributed by atoms with Crippen molar-refractivity contribution in [2.45, 2.75) is 6.10 Å². The first-order valence-corrected chi connectivity index (χ1v) is 3.81. The van der Waals surface area contributed by atoms with Gasteiger partial charge in [-0.2, -0.15) is 0 Å². The van der Waals surface area contributed by atoms with Crippen molar-refractivity contribution in [1.82, 2.24) is 5.32 Å². The molecule has 0 saturated carbocycles. The van der Waals surface area contributed by atoms with Crippen molar-refractivity contribution in [2.75, 3.05) is 19.7 Å². The second-order valence-electron chi connectivity index (χ2n) is 2.62. The number of rotatable bonds is 1. The summed E-state index contributed by atoms with van der Waals surface area (Å²) in [6.07, 6.45) is 3.59. The lowest BCUT2D eigenvalue weighted by atomic mass is 10.2. The zero-order valence-corrected chi connectivity index (χ0v) is 6.25. The average Bonchev–Trinajstić information content (AvgIpc) is 2.58. The number of morpholine rings is 1. The van der Waals surface area contributed by atoms with Crippen molar-refractivity contribution in [3.05, 3.63) is 24.2 Å². The second kappa shape index (κ2) is 3.07. The van der Waals surface area contributed by atoms with Gasteiger partial charge in [-0.05, 0) is 6.07 Å². The van der Waals surface area contributed by atoms with Gasteiger partial charge in [-0.3, -0.25) is 0 Å². The molecule has 1 aliphatic rings. The minimum absolute atomic E-state index is 0.183. The van der Waals surface area contributed by atoms with Crippen LogP contribution < -0.4 is 5.32 Å². The van der Waals surface area contributed by atoms with Crippen LogP contribution in [-0.4, -0.2) is 19.7 Å². The normalized spacial score (nSPS) is 25.3. The van der Waals surface area contributed by atoms with Crippen molar-refractivity contribution < 1.29 is 9.15 Å². The Labute approximate surface area is 65.3 Å². The van der Waals surface area contributed by atoms with Crippen molar-refractivity contribution >= 4 is 0 Å². The molecule has 1 atom stereocenters. The molecule has 1 saturated heterocycles. The second-order valence-corrected chi connectivity index (χ2v) is 2.62. The third-order valence-electron chi connectivity index (χ3n) is 1.84. The van der Waals surface area contributed by atoms with E-state index < -0.39 is 0 Å². The fraction of sp³-hybridized carbons (Fsp3) is 0.500. The Kier molecular flexibility index (Phi) is 1.92. The van der Waals surface area contributed by atoms with Gasteiger partial charge in [-0.1, -0.05) is 0 Å². The summed E-state index contributed by atoms with van der Waals surface area (Å²) < 4.78 is 10.5. The molecule has 3 heteroatoms. The van der Waals surface area contributed by atoms with E-state index in [1.807, 2.05) is 6.07 Å². The minimum atomic E-state index is 0.183. The first-order valence-electron chi connectivity index (χ1n) is 3.81. The molecule has 1 aromatic rings. The van der Waals surface area contributed by atoms with Crippen molar-refractivity contribution in [2.24, 2.45) is 0 Å². The van der Waals surface area contributed by atoms with Crippen molar-refractivity contribution in [3.8, 4) is 0 Å². The molecule has 0 spiro atoms. The summed E-state index contributed by atoms with van der Waals surface area (Å²) in [6.45, 7) is 2.63. The van der Waals surface area contributed by atoms with E-state index in [9.17, 15) is 0 Å². The summed E-state index contributed by atoms with van der Waals surface area (Å²) in [6, 6.07) is 1.94. The largest absolute Gasteiger partial charge is 0.472 e. The Hall–Kier alpha value is -0.800. The molecule has 60 valence electrons. The summed E-state index contributed by atoms with van der Waals surface area (Å²) in [5.74, 6) is 0. The Balaban J connectivity index is 2.04. The molecule has 1 aromatic heterocycles. The van der Waals surface area contributed by atoms with Gasteiger partial charge in [0.25, 0.3) is 0 Å². The van der Waals surface area contributed by atoms with Gasteiger partial charge < -0.3 is 14.5 Å². The van der Waals surface area contributed by atoms with Crippen LogP contribution in [0.3, 0.4) is 0 Å². The van der Waals surface area contributed by atoms with Gasteiger partial charge in [0.2, 0.25) is 0 Å². The fourth-order valence-corrected chi connectivity index (χ4v) is 1.24. The summed E-state index contributed by atoms with van der Waals surface area (Å²) in [5.41, 5.74) is 1.12. The summed E-state index contributed by atoms with van der Waals surface area (Å²) >= 11 is 0. The Morgan fingerprint density at radius 2 is 2.55 bits per heavy atom. The smallest absolute Gasteiger partial charge is 0.0980 e. The van der Waals surface area contributed by atoms with Crippen molar-refractivity contribution in [3.63, 3.8) is 0 Å². The molecular formula is C8H11NO2. The van der Waals surface area contributed by atoms with E-state index in [2.05, 4.69) is 5.32 Å². The highest BCUT2D eigenvalue weighted by Crippen LogP contribution is 2.18. The fourth-order valence-electron chi connectivity index (χ4n) is 1.24. The lowest BCUT2D eigenvalue weighted by Gasteiger charge is -2.22. The molecule has 1 unspecified atom stereocenters. The highest BCUT2D eigenvalue weighted by molar-refractivity contribution is 5.10. The summed E-state index contributed by atoms with van der Waals surface area (Å²) in [7, 11) is 0. The van der Waals surface area contributed by atoms with Gasteiger partial charge in [0.05, 0.1) is 25.2 Å². The first kappa shape index (κ1) is 6.88. The van der Waals surface area contributed by atoms with E-state index in [1.165, 1.54) is 0 Å². The first-order chi connectivity index (χ1) is 5.47. The molecule has 1 N–H and O–H groups in total. The lowest BCUT2D eigenvalue weighted by Crippen LogP contribution is -2.33. The SMILES string of the molecule is c1cc(C2CNCCO2)co1. The molecule has 0 aromatic carbocycles. The van der Waals surface area contributed by atoms with Crippen LogP contribution in [0.5, 0.6) is 0 Å². The van der Waals surface area contributed by atoms with Crippen LogP contribution in [0, 0.1) is 0 Å². The summed E-state index contributed by atoms with van der Waals surface area (Å²) in [4.78, 5) is 0. The highest BCUT2D eigenvalue weighted by atomic mass is 16.5. The van der Waals surface area contributed by atoms with Crippen LogP contribution in [0.25, 0.3) is 0 Å². The van der Waals surface area contributed by atoms with Crippen LogP contribution in [-0.2, 0) is 4.74 Å². The maximum absolute atomic E-state index is 5.50. The number of nitrogens with one attached hydrogen (secondary N) is 1. The van der Waals surface area contributed by atoms with Crippen LogP contribution >= 0.6 is 0 Å². The van der Waals surface area contributed by atoms with Gasteiger partial charge in [0, 0.05) is 18.7 Å². The van der Waals surface area contributed by atoms with Crippen LogP contribution in [0.4, 0.5) is 0 Å². The number of ether oxygens (including phenoxy) is 1. The summed E-state index contributed by atoms with van der Waals surface area (Å²) in [5, 5.41) is 3.26. The standard InChI is InChI=1S/C8H11NO2/c1-3-10-6-7(1)8-5-9-2-4-11-8/h1,3,6,8-9H,2,4-5H2. The molecule has 0 radical (unpaired) electrons. The molecule has 2 heterocycles. The molecule has 1 aliphatic heterocycles. The predicted molar refractivity (Wildman–Crippen MR) is 40.3 cm³/mol. The van der Waals surface area contributed by atoms with Gasteiger partial charge in [0.15, 0.2) is 0 Å². The Bertz CT molecular complexity index is 202. The average molecular weight is 153 g/mol. The van der Waals surface area contributed by atoms with Crippen LogP contribution in [0.15, 0.2) is 23.0 Å². The van der Waals surface area contributed by atoms with E-state index in [0.717, 1.165) is 25.3 Å². The third kappa shape index (κ3) is 1.44. The molecule has 0 aliphatic carbocycles. The Morgan fingerprint density at radius 1 is 1.55 bits per heavy atom. The van der Waals surface area contributed by atoms with Gasteiger partial charge in [-0.15, -0.1) is 0 Å². The molecule has 1 fully saturated rings. The van der Waals surface area contributed by atoms with Crippen LogP contribution in [0.2, 0.25) is 0 Å². The molecule has 0 amide bonds. The molecular weight excluding hydrogens is 142 g/mol. The molecule has 0 bridgehead atoms. The zero-order valence-electron chi connectivity index (χ0n) is 6.25.